The van der Waals surface area contributed by atoms with E-state index in [2.05, 4.69) is 25.5 Å². The summed E-state index contributed by atoms with van der Waals surface area (Å²) in [5.41, 5.74) is 2.87. The number of nitrogens with zero attached hydrogens (tertiary/aromatic N) is 6. The van der Waals surface area contributed by atoms with E-state index in [1.807, 2.05) is 6.92 Å². The molecule has 1 N–H and O–H groups in total. The Kier molecular flexibility index (Phi) is 7.77. The number of carbonyl (C=O) groups excluding carboxylic acids is 1. The van der Waals surface area contributed by atoms with Gasteiger partial charge in [-0.3, -0.25) is 4.68 Å². The molecule has 0 amide bonds. The van der Waals surface area contributed by atoms with Crippen molar-refractivity contribution in [2.75, 3.05) is 11.4 Å². The third-order valence-corrected chi connectivity index (χ3v) is 5.74. The Hall–Kier alpha value is -3.93. The largest absolute Gasteiger partial charge is 0.446 e. The maximum Gasteiger partial charge on any atom is 0.343 e. The lowest BCUT2D eigenvalue weighted by atomic mass is 10.1. The van der Waals surface area contributed by atoms with Crippen LogP contribution in [0.25, 0.3) is 17.1 Å². The maximum absolute atomic E-state index is 13.5. The Balaban J connectivity index is 1.73. The van der Waals surface area contributed by atoms with Crippen molar-refractivity contribution < 1.29 is 22.7 Å². The molecule has 0 saturated heterocycles. The molecule has 0 unspecified atom stereocenters. The number of ether oxygens (including phenoxy) is 1. The molecule has 1 aromatic carbocycles. The van der Waals surface area contributed by atoms with Crippen molar-refractivity contribution in [3.63, 3.8) is 0 Å². The number of benzene rings is 1. The lowest BCUT2D eigenvalue weighted by molar-refractivity contribution is 0.0572. The second kappa shape index (κ2) is 11.0. The minimum atomic E-state index is -2.65. The molecular formula is C24H23ClF3N7O2. The molecule has 0 aliphatic heterocycles. The fraction of sp³-hybridized carbons (Fsp3) is 0.292. The summed E-state index contributed by atoms with van der Waals surface area (Å²) in [4.78, 5) is 20.7. The van der Waals surface area contributed by atoms with Crippen LogP contribution in [0.4, 0.5) is 24.8 Å². The van der Waals surface area contributed by atoms with Gasteiger partial charge in [0.2, 0.25) is 0 Å². The molecule has 0 atom stereocenters. The van der Waals surface area contributed by atoms with E-state index in [-0.39, 0.29) is 11.6 Å². The standard InChI is InChI=1S/C24H23ClF3N7O2/c1-4-17-22(15-5-7-16(26)8-6-15)34(10-18(27)28)33-23(17)31-19-9-20(30-12-29-19)35-14(3)21(13(2)32-35)24(36)37-11-25/h5-9,12,18H,4,10-11H2,1-3H3,(H,29,30,31,33). The SMILES string of the molecule is CCc1c(Nc2cc(-n3nc(C)c(C(=O)OCCl)c3C)ncn2)nn(CC(F)F)c1-c1ccc(F)cc1. The highest BCUT2D eigenvalue weighted by Gasteiger charge is 2.23. The molecule has 4 aromatic rings. The number of hydrogen-bond acceptors (Lipinski definition) is 7. The van der Waals surface area contributed by atoms with Crippen molar-refractivity contribution in [2.45, 2.75) is 40.2 Å². The van der Waals surface area contributed by atoms with Gasteiger partial charge in [0, 0.05) is 17.2 Å². The van der Waals surface area contributed by atoms with Gasteiger partial charge in [0.15, 0.2) is 17.7 Å². The molecule has 0 radical (unpaired) electrons. The van der Waals surface area contributed by atoms with E-state index in [1.165, 1.54) is 40.0 Å². The van der Waals surface area contributed by atoms with Crippen molar-refractivity contribution in [1.29, 1.82) is 0 Å². The molecule has 0 bridgehead atoms. The molecule has 4 rings (SSSR count). The number of alkyl halides is 3. The highest BCUT2D eigenvalue weighted by molar-refractivity contribution is 6.17. The first-order chi connectivity index (χ1) is 17.7. The summed E-state index contributed by atoms with van der Waals surface area (Å²) in [6.45, 7) is 4.58. The summed E-state index contributed by atoms with van der Waals surface area (Å²) in [5, 5.41) is 11.8. The van der Waals surface area contributed by atoms with Gasteiger partial charge in [-0.15, -0.1) is 0 Å². The average molecular weight is 534 g/mol. The van der Waals surface area contributed by atoms with Crippen molar-refractivity contribution in [1.82, 2.24) is 29.5 Å². The summed E-state index contributed by atoms with van der Waals surface area (Å²) in [6, 6.07) is 6.88. The third kappa shape index (κ3) is 5.43. The van der Waals surface area contributed by atoms with Crippen molar-refractivity contribution in [2.24, 2.45) is 0 Å². The molecule has 0 fully saturated rings. The van der Waals surface area contributed by atoms with Crippen LogP contribution in [0.15, 0.2) is 36.7 Å². The van der Waals surface area contributed by atoms with Crippen LogP contribution in [0.5, 0.6) is 0 Å². The summed E-state index contributed by atoms with van der Waals surface area (Å²) in [6.07, 6.45) is -0.888. The minimum Gasteiger partial charge on any atom is -0.446 e. The quantitative estimate of drug-likeness (QED) is 0.233. The average Bonchev–Trinajstić information content (AvgIpc) is 3.34. The zero-order chi connectivity index (χ0) is 26.7. The number of halogens is 4. The van der Waals surface area contributed by atoms with E-state index >= 15 is 0 Å². The zero-order valence-electron chi connectivity index (χ0n) is 20.2. The molecule has 9 nitrogen and oxygen atoms in total. The third-order valence-electron chi connectivity index (χ3n) is 5.63. The molecule has 0 aliphatic rings. The Morgan fingerprint density at radius 1 is 1.16 bits per heavy atom. The minimum absolute atomic E-state index is 0.275. The normalized spacial score (nSPS) is 11.2. The van der Waals surface area contributed by atoms with Crippen LogP contribution in [-0.2, 0) is 17.7 Å². The predicted octanol–water partition coefficient (Wildman–Crippen LogP) is 5.21. The molecule has 0 spiro atoms. The van der Waals surface area contributed by atoms with Crippen LogP contribution in [0.3, 0.4) is 0 Å². The maximum atomic E-state index is 13.5. The number of hydrogen-bond donors (Lipinski definition) is 1. The number of aryl methyl sites for hydroxylation is 1. The van der Waals surface area contributed by atoms with Gasteiger partial charge < -0.3 is 10.1 Å². The van der Waals surface area contributed by atoms with Crippen LogP contribution in [0, 0.1) is 19.7 Å². The molecule has 0 aliphatic carbocycles. The van der Waals surface area contributed by atoms with E-state index in [9.17, 15) is 18.0 Å². The summed E-state index contributed by atoms with van der Waals surface area (Å²) >= 11 is 5.52. The number of anilines is 2. The van der Waals surface area contributed by atoms with Gasteiger partial charge in [-0.05, 0) is 44.5 Å². The second-order valence-electron chi connectivity index (χ2n) is 7.99. The topological polar surface area (TPSA) is 99.8 Å². The van der Waals surface area contributed by atoms with Gasteiger partial charge in [0.25, 0.3) is 6.43 Å². The summed E-state index contributed by atoms with van der Waals surface area (Å²) in [7, 11) is 0. The van der Waals surface area contributed by atoms with Gasteiger partial charge in [-0.2, -0.15) is 10.2 Å². The van der Waals surface area contributed by atoms with Gasteiger partial charge in [-0.1, -0.05) is 18.5 Å². The monoisotopic (exact) mass is 533 g/mol. The summed E-state index contributed by atoms with van der Waals surface area (Å²) in [5.74, 6) is -0.0332. The molecule has 0 saturated carbocycles. The van der Waals surface area contributed by atoms with Gasteiger partial charge in [0.05, 0.1) is 17.1 Å². The molecule has 13 heteroatoms. The van der Waals surface area contributed by atoms with E-state index in [4.69, 9.17) is 16.3 Å². The molecule has 194 valence electrons. The number of carbonyl (C=O) groups is 1. The van der Waals surface area contributed by atoms with Crippen molar-refractivity contribution in [3.05, 3.63) is 65.0 Å². The number of aromatic nitrogens is 6. The Morgan fingerprint density at radius 2 is 1.89 bits per heavy atom. The molecule has 3 aromatic heterocycles. The Morgan fingerprint density at radius 3 is 2.54 bits per heavy atom. The van der Waals surface area contributed by atoms with Gasteiger partial charge in [-0.25, -0.2) is 32.6 Å². The number of nitrogens with one attached hydrogen (secondary N) is 1. The molecule has 37 heavy (non-hydrogen) atoms. The fourth-order valence-electron chi connectivity index (χ4n) is 4.06. The van der Waals surface area contributed by atoms with Crippen LogP contribution in [-0.4, -0.2) is 48.0 Å². The van der Waals surface area contributed by atoms with Crippen LogP contribution in [0.1, 0.15) is 34.2 Å². The van der Waals surface area contributed by atoms with Crippen LogP contribution < -0.4 is 5.32 Å². The van der Waals surface area contributed by atoms with Crippen molar-refractivity contribution >= 4 is 29.2 Å². The van der Waals surface area contributed by atoms with Crippen molar-refractivity contribution in [3.8, 4) is 17.1 Å². The van der Waals surface area contributed by atoms with Crippen LogP contribution in [0.2, 0.25) is 0 Å². The van der Waals surface area contributed by atoms with Gasteiger partial charge in [0.1, 0.15) is 30.1 Å². The lowest BCUT2D eigenvalue weighted by Crippen LogP contribution is -2.10. The highest BCUT2D eigenvalue weighted by Crippen LogP contribution is 2.32. The Labute approximate surface area is 215 Å². The van der Waals surface area contributed by atoms with E-state index in [1.54, 1.807) is 19.9 Å². The number of rotatable bonds is 9. The van der Waals surface area contributed by atoms with Crippen LogP contribution >= 0.6 is 11.6 Å². The Bertz CT molecular complexity index is 1420. The lowest BCUT2D eigenvalue weighted by Gasteiger charge is -2.09. The first kappa shape index (κ1) is 26.1. The zero-order valence-corrected chi connectivity index (χ0v) is 20.9. The predicted molar refractivity (Wildman–Crippen MR) is 131 cm³/mol. The van der Waals surface area contributed by atoms with Gasteiger partial charge >= 0.3 is 5.97 Å². The molecular weight excluding hydrogens is 511 g/mol. The molecule has 3 heterocycles. The van der Waals surface area contributed by atoms with E-state index < -0.39 is 24.8 Å². The number of esters is 1. The second-order valence-corrected chi connectivity index (χ2v) is 8.21. The smallest absolute Gasteiger partial charge is 0.343 e. The summed E-state index contributed by atoms with van der Waals surface area (Å²) < 4.78 is 47.8. The van der Waals surface area contributed by atoms with E-state index in [0.717, 1.165) is 0 Å². The first-order valence-electron chi connectivity index (χ1n) is 11.3. The van der Waals surface area contributed by atoms with E-state index in [0.29, 0.717) is 52.1 Å². The highest BCUT2D eigenvalue weighted by atomic mass is 35.5. The first-order valence-corrected chi connectivity index (χ1v) is 11.8. The fourth-order valence-corrected chi connectivity index (χ4v) is 4.16.